The van der Waals surface area contributed by atoms with Crippen molar-refractivity contribution in [1.82, 2.24) is 0 Å². The van der Waals surface area contributed by atoms with Gasteiger partial charge in [0.2, 0.25) is 0 Å². The van der Waals surface area contributed by atoms with Crippen molar-refractivity contribution in [2.75, 3.05) is 0 Å². The highest BCUT2D eigenvalue weighted by Gasteiger charge is 2.17. The lowest BCUT2D eigenvalue weighted by Crippen LogP contribution is -2.08. The van der Waals surface area contributed by atoms with Crippen LogP contribution in [0.25, 0.3) is 0 Å². The van der Waals surface area contributed by atoms with E-state index in [0.717, 1.165) is 42.0 Å². The molecule has 0 aliphatic carbocycles. The van der Waals surface area contributed by atoms with Gasteiger partial charge in [0.25, 0.3) is 0 Å². The Kier molecular flexibility index (Phi) is 16.5. The molecule has 5 heteroatoms. The summed E-state index contributed by atoms with van der Waals surface area (Å²) in [6, 6.07) is 47.7. The number of carboxylic acid groups (broad SMARTS) is 1. The van der Waals surface area contributed by atoms with Gasteiger partial charge in [0, 0.05) is 27.8 Å². The second-order valence-corrected chi connectivity index (χ2v) is 14.1. The van der Waals surface area contributed by atoms with Crippen molar-refractivity contribution >= 4 is 36.7 Å². The lowest BCUT2D eigenvalue weighted by molar-refractivity contribution is -0.132. The molecule has 0 fully saturated rings. The van der Waals surface area contributed by atoms with Crippen molar-refractivity contribution in [3.05, 3.63) is 213 Å². The van der Waals surface area contributed by atoms with Gasteiger partial charge in [-0.05, 0) is 92.5 Å². The van der Waals surface area contributed by atoms with E-state index in [9.17, 15) is 14.4 Å². The lowest BCUT2D eigenvalue weighted by atomic mass is 9.90. The number of aryl methyl sites for hydroxylation is 2. The van der Waals surface area contributed by atoms with E-state index in [1.165, 1.54) is 39.8 Å². The van der Waals surface area contributed by atoms with Crippen molar-refractivity contribution in [3.63, 3.8) is 0 Å². The van der Waals surface area contributed by atoms with Crippen LogP contribution in [0, 0.1) is 41.5 Å². The molecule has 0 saturated carbocycles. The Balaban J connectivity index is 0.000000203. The van der Waals surface area contributed by atoms with E-state index in [0.29, 0.717) is 0 Å². The van der Waals surface area contributed by atoms with Crippen LogP contribution in [0.4, 0.5) is 0 Å². The quantitative estimate of drug-likeness (QED) is 0.101. The first-order valence-electron chi connectivity index (χ1n) is 17.4. The van der Waals surface area contributed by atoms with Gasteiger partial charge in [-0.15, -0.1) is 0 Å². The third kappa shape index (κ3) is 12.8. The van der Waals surface area contributed by atoms with Crippen molar-refractivity contribution < 1.29 is 19.5 Å². The molecule has 0 saturated heterocycles. The Morgan fingerprint density at radius 2 is 0.755 bits per heavy atom. The highest BCUT2D eigenvalue weighted by Crippen LogP contribution is 2.24. The molecule has 6 aromatic rings. The van der Waals surface area contributed by atoms with Crippen LogP contribution in [-0.2, 0) is 4.79 Å². The molecule has 0 aliphatic heterocycles. The van der Waals surface area contributed by atoms with Crippen molar-refractivity contribution in [2.24, 2.45) is 0 Å². The number of ketones is 2. The molecule has 0 amide bonds. The fourth-order valence-corrected chi connectivity index (χ4v) is 6.16. The minimum absolute atomic E-state index is 0.0752. The predicted molar refractivity (Wildman–Crippen MR) is 224 cm³/mol. The van der Waals surface area contributed by atoms with E-state index in [1.807, 2.05) is 98.8 Å². The average Bonchev–Trinajstić information content (AvgIpc) is 3.18. The number of carbonyl (C=O) groups is 3. The third-order valence-corrected chi connectivity index (χ3v) is 10.1. The van der Waals surface area contributed by atoms with Crippen LogP contribution in [-0.4, -0.2) is 22.6 Å². The van der Waals surface area contributed by atoms with Crippen LogP contribution in [0.3, 0.4) is 0 Å². The Morgan fingerprint density at radius 1 is 0.453 bits per heavy atom. The van der Waals surface area contributed by atoms with Crippen LogP contribution in [0.2, 0.25) is 0 Å². The molecule has 0 heterocycles. The number of carbonyl (C=O) groups excluding carboxylic acids is 2. The molecule has 0 radical (unpaired) electrons. The maximum absolute atomic E-state index is 12.8. The molecule has 53 heavy (non-hydrogen) atoms. The standard InChI is InChI=1S/C19H22O.C13H10O.C12H11P.C4H6O2/c1-11-7-9-17(15(5)13(11)3)19(20)18-10-8-12(2)14(4)16(18)6;14-13(11-7-3-1-4-8-11)12-9-5-2-6-10-12;1-3-7-11(8-4-1)13-12-9-5-2-6-10-12;1-3(2)4(5)6/h7-10H,1-6H3;1-10H;1-10,13H;1H2,2H3,(H,5,6). The fourth-order valence-electron chi connectivity index (χ4n) is 5.10. The lowest BCUT2D eigenvalue weighted by Gasteiger charge is -2.14. The molecule has 0 spiro atoms. The fraction of sp³-hybridized carbons (Fsp3) is 0.146. The smallest absolute Gasteiger partial charge is 0.330 e. The average molecular weight is 721 g/mol. The van der Waals surface area contributed by atoms with Crippen LogP contribution >= 0.6 is 8.58 Å². The van der Waals surface area contributed by atoms with Crippen molar-refractivity contribution in [1.29, 1.82) is 0 Å². The third-order valence-electron chi connectivity index (χ3n) is 8.88. The molecule has 6 aromatic carbocycles. The van der Waals surface area contributed by atoms with Crippen LogP contribution in [0.15, 0.2) is 158 Å². The van der Waals surface area contributed by atoms with E-state index in [-0.39, 0.29) is 17.1 Å². The van der Waals surface area contributed by atoms with Crippen LogP contribution in [0.5, 0.6) is 0 Å². The maximum atomic E-state index is 12.8. The van der Waals surface area contributed by atoms with Gasteiger partial charge in [-0.3, -0.25) is 9.59 Å². The zero-order valence-corrected chi connectivity index (χ0v) is 32.7. The molecular formula is C48H49O4P. The first kappa shape index (κ1) is 41.7. The molecule has 0 aliphatic rings. The molecule has 0 aromatic heterocycles. The Morgan fingerprint density at radius 3 is 1.06 bits per heavy atom. The van der Waals surface area contributed by atoms with Gasteiger partial charge in [0.1, 0.15) is 0 Å². The van der Waals surface area contributed by atoms with E-state index >= 15 is 0 Å². The first-order chi connectivity index (χ1) is 25.3. The molecule has 0 unspecified atom stereocenters. The molecule has 270 valence electrons. The zero-order chi connectivity index (χ0) is 38.9. The molecule has 1 N–H and O–H groups in total. The van der Waals surface area contributed by atoms with E-state index < -0.39 is 5.97 Å². The molecule has 4 nitrogen and oxygen atoms in total. The number of benzene rings is 6. The van der Waals surface area contributed by atoms with Crippen molar-refractivity contribution in [2.45, 2.75) is 48.5 Å². The van der Waals surface area contributed by atoms with Gasteiger partial charge >= 0.3 is 5.97 Å². The van der Waals surface area contributed by atoms with E-state index in [2.05, 4.69) is 94.9 Å². The van der Waals surface area contributed by atoms with Crippen molar-refractivity contribution in [3.8, 4) is 0 Å². The Labute approximate surface area is 317 Å². The van der Waals surface area contributed by atoms with E-state index in [4.69, 9.17) is 5.11 Å². The summed E-state index contributed by atoms with van der Waals surface area (Å²) in [7, 11) is 0.777. The number of hydrogen-bond donors (Lipinski definition) is 1. The maximum Gasteiger partial charge on any atom is 0.330 e. The molecular weight excluding hydrogens is 671 g/mol. The number of hydrogen-bond acceptors (Lipinski definition) is 3. The van der Waals surface area contributed by atoms with Gasteiger partial charge in [0.05, 0.1) is 0 Å². The van der Waals surface area contributed by atoms with Crippen LogP contribution in [0.1, 0.15) is 72.1 Å². The van der Waals surface area contributed by atoms with Crippen LogP contribution < -0.4 is 10.6 Å². The summed E-state index contributed by atoms with van der Waals surface area (Å²) < 4.78 is 0. The molecule has 6 rings (SSSR count). The summed E-state index contributed by atoms with van der Waals surface area (Å²) in [5, 5.41) is 10.7. The first-order valence-corrected chi connectivity index (χ1v) is 18.4. The molecule has 0 bridgehead atoms. The summed E-state index contributed by atoms with van der Waals surface area (Å²) in [6.45, 7) is 17.0. The SMILES string of the molecule is C=C(C)C(=O)O.Cc1ccc(C(=O)c2ccc(C)c(C)c2C)c(C)c1C.O=C(c1ccccc1)c1ccccc1.c1ccc(Pc2ccccc2)cc1. The topological polar surface area (TPSA) is 71.4 Å². The number of carboxylic acids is 1. The summed E-state index contributed by atoms with van der Waals surface area (Å²) in [5.41, 5.74) is 10.3. The normalized spacial score (nSPS) is 9.87. The monoisotopic (exact) mass is 720 g/mol. The Bertz CT molecular complexity index is 1970. The molecule has 0 atom stereocenters. The van der Waals surface area contributed by atoms with Gasteiger partial charge in [-0.1, -0.05) is 161 Å². The summed E-state index contributed by atoms with van der Waals surface area (Å²) in [6.07, 6.45) is 0. The predicted octanol–water partition coefficient (Wildman–Crippen LogP) is 10.6. The van der Waals surface area contributed by atoms with Gasteiger partial charge in [-0.25, -0.2) is 4.79 Å². The van der Waals surface area contributed by atoms with Gasteiger partial charge < -0.3 is 5.11 Å². The second kappa shape index (κ2) is 21.0. The summed E-state index contributed by atoms with van der Waals surface area (Å²) >= 11 is 0. The zero-order valence-electron chi connectivity index (χ0n) is 31.7. The highest BCUT2D eigenvalue weighted by molar-refractivity contribution is 7.55. The van der Waals surface area contributed by atoms with Gasteiger partial charge in [-0.2, -0.15) is 0 Å². The summed E-state index contributed by atoms with van der Waals surface area (Å²) in [4.78, 5) is 34.3. The highest BCUT2D eigenvalue weighted by atomic mass is 31.1. The second-order valence-electron chi connectivity index (χ2n) is 12.7. The Hall–Kier alpha value is -5.70. The number of aliphatic carboxylic acids is 1. The van der Waals surface area contributed by atoms with Gasteiger partial charge in [0.15, 0.2) is 11.6 Å². The van der Waals surface area contributed by atoms with E-state index in [1.54, 1.807) is 0 Å². The summed E-state index contributed by atoms with van der Waals surface area (Å²) in [5.74, 6) is -0.729. The number of rotatable bonds is 7. The largest absolute Gasteiger partial charge is 0.478 e. The minimum atomic E-state index is -0.935. The minimum Gasteiger partial charge on any atom is -0.478 e.